The minimum Gasteiger partial charge on any atom is -0.454 e. The van der Waals surface area contributed by atoms with Crippen LogP contribution in [0.15, 0.2) is 18.2 Å². The zero-order chi connectivity index (χ0) is 16.9. The van der Waals surface area contributed by atoms with Crippen LogP contribution in [0.3, 0.4) is 0 Å². The Labute approximate surface area is 125 Å². The molecule has 120 valence electrons. The Morgan fingerprint density at radius 2 is 1.77 bits per heavy atom. The van der Waals surface area contributed by atoms with Gasteiger partial charge in [-0.05, 0) is 18.1 Å². The molecule has 0 aliphatic heterocycles. The molecule has 0 saturated carbocycles. The van der Waals surface area contributed by atoms with Crippen molar-refractivity contribution in [1.29, 1.82) is 0 Å². The average molecular weight is 314 g/mol. The van der Waals surface area contributed by atoms with Gasteiger partial charge >= 0.3 is 5.97 Å². The van der Waals surface area contributed by atoms with Crippen molar-refractivity contribution in [3.8, 4) is 0 Å². The molecule has 2 amide bonds. The molecule has 6 nitrogen and oxygen atoms in total. The van der Waals surface area contributed by atoms with Crippen LogP contribution in [-0.4, -0.2) is 30.4 Å². The molecule has 0 aliphatic rings. The predicted octanol–water partition coefficient (Wildman–Crippen LogP) is 0.748. The van der Waals surface area contributed by atoms with E-state index in [1.165, 1.54) is 0 Å². The SMILES string of the molecule is CC(C)[C@@H](NC(=O)c1c(F)cccc1F)C(=O)OCC(N)=O. The Balaban J connectivity index is 2.89. The third kappa shape index (κ3) is 4.51. The number of nitrogens with one attached hydrogen (secondary N) is 1. The van der Waals surface area contributed by atoms with Gasteiger partial charge in [0.15, 0.2) is 6.61 Å². The number of carbonyl (C=O) groups excluding carboxylic acids is 3. The Hall–Kier alpha value is -2.51. The third-order valence-electron chi connectivity index (χ3n) is 2.75. The molecule has 1 aromatic rings. The quantitative estimate of drug-likeness (QED) is 0.757. The van der Waals surface area contributed by atoms with E-state index >= 15 is 0 Å². The number of nitrogens with two attached hydrogens (primary N) is 1. The Morgan fingerprint density at radius 3 is 2.23 bits per heavy atom. The van der Waals surface area contributed by atoms with Gasteiger partial charge in [-0.1, -0.05) is 19.9 Å². The number of halogens is 2. The lowest BCUT2D eigenvalue weighted by atomic mass is 10.0. The van der Waals surface area contributed by atoms with Crippen molar-refractivity contribution in [2.75, 3.05) is 6.61 Å². The van der Waals surface area contributed by atoms with E-state index < -0.39 is 53.5 Å². The van der Waals surface area contributed by atoms with Gasteiger partial charge in [0.25, 0.3) is 11.8 Å². The molecule has 0 bridgehead atoms. The molecule has 8 heteroatoms. The minimum atomic E-state index is -1.18. The highest BCUT2D eigenvalue weighted by atomic mass is 19.1. The topological polar surface area (TPSA) is 98.5 Å². The van der Waals surface area contributed by atoms with E-state index in [-0.39, 0.29) is 0 Å². The summed E-state index contributed by atoms with van der Waals surface area (Å²) in [6.45, 7) is 2.54. The standard InChI is InChI=1S/C14H16F2N2O4/c1-7(2)12(14(21)22-6-10(17)19)18-13(20)11-8(15)4-3-5-9(11)16/h3-5,7,12H,6H2,1-2H3,(H2,17,19)(H,18,20)/t12-/m1/s1. The second-order valence-corrected chi connectivity index (χ2v) is 4.87. The molecular weight excluding hydrogens is 298 g/mol. The second kappa shape index (κ2) is 7.48. The number of primary amides is 1. The van der Waals surface area contributed by atoms with E-state index in [1.54, 1.807) is 13.8 Å². The number of amides is 2. The van der Waals surface area contributed by atoms with Crippen LogP contribution in [0.2, 0.25) is 0 Å². The Morgan fingerprint density at radius 1 is 1.23 bits per heavy atom. The minimum absolute atomic E-state index is 0.431. The van der Waals surface area contributed by atoms with E-state index in [1.807, 2.05) is 0 Å². The molecule has 0 aliphatic carbocycles. The van der Waals surface area contributed by atoms with E-state index in [9.17, 15) is 23.2 Å². The van der Waals surface area contributed by atoms with Crippen LogP contribution in [0.5, 0.6) is 0 Å². The lowest BCUT2D eigenvalue weighted by molar-refractivity contribution is -0.150. The maximum atomic E-state index is 13.5. The fourth-order valence-electron chi connectivity index (χ4n) is 1.66. The maximum absolute atomic E-state index is 13.5. The summed E-state index contributed by atoms with van der Waals surface area (Å²) in [5.41, 5.74) is 4.05. The number of carbonyl (C=O) groups is 3. The Bertz CT molecular complexity index is 570. The lowest BCUT2D eigenvalue weighted by Gasteiger charge is -2.20. The van der Waals surface area contributed by atoms with Gasteiger partial charge in [0, 0.05) is 0 Å². The van der Waals surface area contributed by atoms with Crippen molar-refractivity contribution in [3.05, 3.63) is 35.4 Å². The molecule has 0 aromatic heterocycles. The first-order valence-electron chi connectivity index (χ1n) is 6.43. The van der Waals surface area contributed by atoms with Crippen molar-refractivity contribution >= 4 is 17.8 Å². The highest BCUT2D eigenvalue weighted by Gasteiger charge is 2.28. The number of esters is 1. The van der Waals surface area contributed by atoms with Crippen molar-refractivity contribution in [3.63, 3.8) is 0 Å². The number of hydrogen-bond donors (Lipinski definition) is 2. The molecule has 0 spiro atoms. The van der Waals surface area contributed by atoms with Gasteiger partial charge in [-0.25, -0.2) is 13.6 Å². The molecule has 0 saturated heterocycles. The van der Waals surface area contributed by atoms with Crippen molar-refractivity contribution in [2.45, 2.75) is 19.9 Å². The summed E-state index contributed by atoms with van der Waals surface area (Å²) in [6.07, 6.45) is 0. The van der Waals surface area contributed by atoms with Gasteiger partial charge < -0.3 is 15.8 Å². The average Bonchev–Trinajstić information content (AvgIpc) is 2.41. The summed E-state index contributed by atoms with van der Waals surface area (Å²) in [7, 11) is 0. The predicted molar refractivity (Wildman–Crippen MR) is 72.6 cm³/mol. The molecule has 1 atom stereocenters. The third-order valence-corrected chi connectivity index (χ3v) is 2.75. The molecule has 22 heavy (non-hydrogen) atoms. The molecule has 3 N–H and O–H groups in total. The fourth-order valence-corrected chi connectivity index (χ4v) is 1.66. The summed E-state index contributed by atoms with van der Waals surface area (Å²) in [6, 6.07) is 1.79. The van der Waals surface area contributed by atoms with Gasteiger partial charge in [-0.3, -0.25) is 9.59 Å². The molecule has 0 radical (unpaired) electrons. The first-order chi connectivity index (χ1) is 10.2. The number of rotatable bonds is 6. The largest absolute Gasteiger partial charge is 0.454 e. The van der Waals surface area contributed by atoms with Gasteiger partial charge in [0.1, 0.15) is 23.2 Å². The van der Waals surface area contributed by atoms with Crippen LogP contribution in [0.4, 0.5) is 8.78 Å². The first-order valence-corrected chi connectivity index (χ1v) is 6.43. The molecule has 0 unspecified atom stereocenters. The Kier molecular flexibility index (Phi) is 5.97. The highest BCUT2D eigenvalue weighted by molar-refractivity contribution is 5.97. The van der Waals surface area contributed by atoms with E-state index in [0.29, 0.717) is 0 Å². The zero-order valence-electron chi connectivity index (χ0n) is 12.1. The van der Waals surface area contributed by atoms with E-state index in [0.717, 1.165) is 18.2 Å². The van der Waals surface area contributed by atoms with Crippen LogP contribution in [0.25, 0.3) is 0 Å². The van der Waals surface area contributed by atoms with Crippen molar-refractivity contribution in [1.82, 2.24) is 5.32 Å². The molecule has 0 fully saturated rings. The monoisotopic (exact) mass is 314 g/mol. The van der Waals surface area contributed by atoms with Gasteiger partial charge in [-0.2, -0.15) is 0 Å². The summed E-state index contributed by atoms with van der Waals surface area (Å²) in [5.74, 6) is -5.40. The van der Waals surface area contributed by atoms with Crippen LogP contribution in [0, 0.1) is 17.6 Å². The van der Waals surface area contributed by atoms with Gasteiger partial charge in [0.05, 0.1) is 0 Å². The fraction of sp³-hybridized carbons (Fsp3) is 0.357. The van der Waals surface area contributed by atoms with Crippen LogP contribution >= 0.6 is 0 Å². The molecule has 1 rings (SSSR count). The normalized spacial score (nSPS) is 11.9. The van der Waals surface area contributed by atoms with Crippen LogP contribution in [0.1, 0.15) is 24.2 Å². The molecule has 1 aromatic carbocycles. The molecular formula is C14H16F2N2O4. The first kappa shape index (κ1) is 17.5. The maximum Gasteiger partial charge on any atom is 0.329 e. The van der Waals surface area contributed by atoms with Gasteiger partial charge in [0.2, 0.25) is 0 Å². The number of hydrogen-bond acceptors (Lipinski definition) is 4. The second-order valence-electron chi connectivity index (χ2n) is 4.87. The van der Waals surface area contributed by atoms with E-state index in [2.05, 4.69) is 10.1 Å². The summed E-state index contributed by atoms with van der Waals surface area (Å²) >= 11 is 0. The smallest absolute Gasteiger partial charge is 0.329 e. The van der Waals surface area contributed by atoms with Crippen LogP contribution < -0.4 is 11.1 Å². The summed E-state index contributed by atoms with van der Waals surface area (Å²) in [4.78, 5) is 34.3. The van der Waals surface area contributed by atoms with Crippen LogP contribution in [-0.2, 0) is 14.3 Å². The van der Waals surface area contributed by atoms with Crippen molar-refractivity contribution < 1.29 is 27.9 Å². The lowest BCUT2D eigenvalue weighted by Crippen LogP contribution is -2.46. The number of ether oxygens (including phenoxy) is 1. The highest BCUT2D eigenvalue weighted by Crippen LogP contribution is 2.13. The summed E-state index contributed by atoms with van der Waals surface area (Å²) in [5, 5.41) is 2.19. The molecule has 0 heterocycles. The number of benzene rings is 1. The summed E-state index contributed by atoms with van der Waals surface area (Å²) < 4.78 is 31.7. The van der Waals surface area contributed by atoms with Crippen molar-refractivity contribution in [2.24, 2.45) is 11.7 Å². The van der Waals surface area contributed by atoms with Gasteiger partial charge in [-0.15, -0.1) is 0 Å². The zero-order valence-corrected chi connectivity index (χ0v) is 12.1. The van der Waals surface area contributed by atoms with E-state index in [4.69, 9.17) is 5.73 Å².